The van der Waals surface area contributed by atoms with Gasteiger partial charge in [0.05, 0.1) is 6.54 Å². The van der Waals surface area contributed by atoms with E-state index in [4.69, 9.17) is 4.74 Å². The average Bonchev–Trinajstić information content (AvgIpc) is 2.80. The Morgan fingerprint density at radius 3 is 2.80 bits per heavy atom. The molecular weight excluding hydrogens is 352 g/mol. The molecule has 0 amide bonds. The van der Waals surface area contributed by atoms with E-state index >= 15 is 0 Å². The van der Waals surface area contributed by atoms with Crippen molar-refractivity contribution < 1.29 is 13.5 Å². The van der Waals surface area contributed by atoms with Crippen LogP contribution in [-0.2, 0) is 6.54 Å². The minimum Gasteiger partial charge on any atom is -0.426 e. The van der Waals surface area contributed by atoms with Crippen LogP contribution in [0.5, 0.6) is 10.9 Å². The standard InChI is InChI=1S/C12H12BrF2N3OS/c1-6(2)16-5-10-17-18-12(20-10)19-9-4-7(13)3-8(14)11(9)15/h3-4,6,16H,5H2,1-2H3. The molecule has 1 N–H and O–H groups in total. The Morgan fingerprint density at radius 2 is 2.10 bits per heavy atom. The van der Waals surface area contributed by atoms with Crippen LogP contribution in [0, 0.1) is 11.6 Å². The number of hydrogen-bond acceptors (Lipinski definition) is 5. The van der Waals surface area contributed by atoms with Crippen LogP contribution >= 0.6 is 27.3 Å². The number of rotatable bonds is 5. The molecule has 1 heterocycles. The molecule has 2 aromatic rings. The van der Waals surface area contributed by atoms with Gasteiger partial charge in [0.25, 0.3) is 5.19 Å². The summed E-state index contributed by atoms with van der Waals surface area (Å²) < 4.78 is 32.4. The van der Waals surface area contributed by atoms with E-state index < -0.39 is 11.6 Å². The Kier molecular flexibility index (Phi) is 5.00. The summed E-state index contributed by atoms with van der Waals surface area (Å²) in [5, 5.41) is 11.8. The molecule has 0 unspecified atom stereocenters. The van der Waals surface area contributed by atoms with Crippen LogP contribution in [0.25, 0.3) is 0 Å². The van der Waals surface area contributed by atoms with Crippen molar-refractivity contribution in [3.05, 3.63) is 33.2 Å². The first-order valence-electron chi connectivity index (χ1n) is 5.84. The normalized spacial score (nSPS) is 11.1. The number of halogens is 3. The van der Waals surface area contributed by atoms with E-state index in [1.807, 2.05) is 13.8 Å². The Labute approximate surface area is 127 Å². The number of nitrogens with zero attached hydrogens (tertiary/aromatic N) is 2. The van der Waals surface area contributed by atoms with Crippen molar-refractivity contribution in [2.45, 2.75) is 26.4 Å². The second-order valence-corrected chi connectivity index (χ2v) is 6.24. The summed E-state index contributed by atoms with van der Waals surface area (Å²) in [6.07, 6.45) is 0. The fourth-order valence-electron chi connectivity index (χ4n) is 1.34. The monoisotopic (exact) mass is 363 g/mol. The summed E-state index contributed by atoms with van der Waals surface area (Å²) in [5.74, 6) is -2.26. The molecule has 0 saturated heterocycles. The molecule has 1 aromatic carbocycles. The summed E-state index contributed by atoms with van der Waals surface area (Å²) in [4.78, 5) is 0. The minimum atomic E-state index is -1.05. The highest BCUT2D eigenvalue weighted by atomic mass is 79.9. The summed E-state index contributed by atoms with van der Waals surface area (Å²) in [5.41, 5.74) is 0. The second kappa shape index (κ2) is 6.55. The fourth-order valence-corrected chi connectivity index (χ4v) is 2.40. The van der Waals surface area contributed by atoms with Crippen molar-refractivity contribution in [2.24, 2.45) is 0 Å². The van der Waals surface area contributed by atoms with Crippen LogP contribution in [0.1, 0.15) is 18.9 Å². The number of benzene rings is 1. The van der Waals surface area contributed by atoms with Crippen molar-refractivity contribution in [3.8, 4) is 10.9 Å². The SMILES string of the molecule is CC(C)NCc1nnc(Oc2cc(Br)cc(F)c2F)s1. The molecule has 0 atom stereocenters. The molecule has 0 spiro atoms. The van der Waals surface area contributed by atoms with E-state index in [0.717, 1.165) is 6.07 Å². The fraction of sp³-hybridized carbons (Fsp3) is 0.333. The summed E-state index contributed by atoms with van der Waals surface area (Å²) in [7, 11) is 0. The molecule has 4 nitrogen and oxygen atoms in total. The molecule has 0 aliphatic carbocycles. The van der Waals surface area contributed by atoms with Crippen molar-refractivity contribution in [2.75, 3.05) is 0 Å². The Bertz CT molecular complexity index is 606. The lowest BCUT2D eigenvalue weighted by atomic mass is 10.3. The highest BCUT2D eigenvalue weighted by molar-refractivity contribution is 9.10. The van der Waals surface area contributed by atoms with Gasteiger partial charge >= 0.3 is 0 Å². The Hall–Kier alpha value is -1.12. The summed E-state index contributed by atoms with van der Waals surface area (Å²) in [6.45, 7) is 4.57. The number of nitrogens with one attached hydrogen (secondary N) is 1. The van der Waals surface area contributed by atoms with E-state index in [0.29, 0.717) is 22.1 Å². The maximum absolute atomic E-state index is 13.6. The van der Waals surface area contributed by atoms with Gasteiger partial charge in [-0.2, -0.15) is 4.39 Å². The first kappa shape index (κ1) is 15.3. The van der Waals surface area contributed by atoms with Gasteiger partial charge in [-0.3, -0.25) is 0 Å². The zero-order valence-electron chi connectivity index (χ0n) is 10.8. The third kappa shape index (κ3) is 3.94. The van der Waals surface area contributed by atoms with Gasteiger partial charge in [-0.15, -0.1) is 5.10 Å². The lowest BCUT2D eigenvalue weighted by Gasteiger charge is -2.04. The van der Waals surface area contributed by atoms with Gasteiger partial charge < -0.3 is 10.1 Å². The van der Waals surface area contributed by atoms with E-state index in [-0.39, 0.29) is 10.9 Å². The van der Waals surface area contributed by atoms with Gasteiger partial charge in [0, 0.05) is 10.5 Å². The summed E-state index contributed by atoms with van der Waals surface area (Å²) >= 11 is 4.26. The van der Waals surface area contributed by atoms with Crippen molar-refractivity contribution in [1.82, 2.24) is 15.5 Å². The molecule has 0 aliphatic rings. The number of hydrogen-bond donors (Lipinski definition) is 1. The van der Waals surface area contributed by atoms with Crippen molar-refractivity contribution in [3.63, 3.8) is 0 Å². The third-order valence-electron chi connectivity index (χ3n) is 2.27. The smallest absolute Gasteiger partial charge is 0.299 e. The molecule has 1 aromatic heterocycles. The quantitative estimate of drug-likeness (QED) is 0.819. The molecule has 20 heavy (non-hydrogen) atoms. The zero-order chi connectivity index (χ0) is 14.7. The highest BCUT2D eigenvalue weighted by Crippen LogP contribution is 2.31. The van der Waals surface area contributed by atoms with Crippen LogP contribution in [0.15, 0.2) is 16.6 Å². The molecule has 0 bridgehead atoms. The van der Waals surface area contributed by atoms with Crippen LogP contribution in [0.2, 0.25) is 0 Å². The molecule has 8 heteroatoms. The van der Waals surface area contributed by atoms with Gasteiger partial charge in [-0.1, -0.05) is 46.2 Å². The molecule has 108 valence electrons. The predicted molar refractivity (Wildman–Crippen MR) is 76.0 cm³/mol. The highest BCUT2D eigenvalue weighted by Gasteiger charge is 2.14. The molecule has 0 radical (unpaired) electrons. The average molecular weight is 364 g/mol. The predicted octanol–water partition coefficient (Wildman–Crippen LogP) is 3.87. The third-order valence-corrected chi connectivity index (χ3v) is 3.53. The van der Waals surface area contributed by atoms with Crippen LogP contribution < -0.4 is 10.1 Å². The maximum atomic E-state index is 13.6. The van der Waals surface area contributed by atoms with Gasteiger partial charge in [0.1, 0.15) is 5.01 Å². The second-order valence-electron chi connectivity index (χ2n) is 4.30. The lowest BCUT2D eigenvalue weighted by molar-refractivity contribution is 0.411. The van der Waals surface area contributed by atoms with E-state index in [1.54, 1.807) is 0 Å². The van der Waals surface area contributed by atoms with E-state index in [1.165, 1.54) is 17.4 Å². The molecular formula is C12H12BrF2N3OS. The molecule has 2 rings (SSSR count). The minimum absolute atomic E-state index is 0.168. The van der Waals surface area contributed by atoms with E-state index in [2.05, 4.69) is 31.4 Å². The first-order chi connectivity index (χ1) is 9.45. The topological polar surface area (TPSA) is 47.0 Å². The van der Waals surface area contributed by atoms with Crippen molar-refractivity contribution >= 4 is 27.3 Å². The summed E-state index contributed by atoms with van der Waals surface area (Å²) in [6, 6.07) is 2.69. The van der Waals surface area contributed by atoms with E-state index in [9.17, 15) is 8.78 Å². The van der Waals surface area contributed by atoms with Crippen LogP contribution in [0.3, 0.4) is 0 Å². The van der Waals surface area contributed by atoms with Crippen molar-refractivity contribution in [1.29, 1.82) is 0 Å². The van der Waals surface area contributed by atoms with Gasteiger partial charge in [-0.25, -0.2) is 4.39 Å². The largest absolute Gasteiger partial charge is 0.426 e. The van der Waals surface area contributed by atoms with Gasteiger partial charge in [0.15, 0.2) is 11.6 Å². The zero-order valence-corrected chi connectivity index (χ0v) is 13.2. The first-order valence-corrected chi connectivity index (χ1v) is 7.45. The lowest BCUT2D eigenvalue weighted by Crippen LogP contribution is -2.21. The van der Waals surface area contributed by atoms with Crippen LogP contribution in [-0.4, -0.2) is 16.2 Å². The van der Waals surface area contributed by atoms with Crippen LogP contribution in [0.4, 0.5) is 8.78 Å². The van der Waals surface area contributed by atoms with Gasteiger partial charge in [0.2, 0.25) is 5.82 Å². The molecule has 0 aliphatic heterocycles. The number of ether oxygens (including phenoxy) is 1. The van der Waals surface area contributed by atoms with Gasteiger partial charge in [-0.05, 0) is 12.1 Å². The number of aromatic nitrogens is 2. The Morgan fingerprint density at radius 1 is 1.35 bits per heavy atom. The Balaban J connectivity index is 2.11. The molecule has 0 saturated carbocycles. The molecule has 0 fully saturated rings. The maximum Gasteiger partial charge on any atom is 0.299 e.